The summed E-state index contributed by atoms with van der Waals surface area (Å²) in [4.78, 5) is 1.53. The van der Waals surface area contributed by atoms with Crippen LogP contribution in [0.5, 0.6) is 0 Å². The molecule has 0 aliphatic carbocycles. The zero-order valence-electron chi connectivity index (χ0n) is 7.04. The minimum Gasteiger partial charge on any atom is -0.370 e. The molecule has 2 atom stereocenters. The van der Waals surface area contributed by atoms with Crippen molar-refractivity contribution in [1.29, 1.82) is 0 Å². The molecule has 1 aromatic rings. The highest BCUT2D eigenvalue weighted by Gasteiger charge is 2.24. The normalized spacial score (nSPS) is 26.8. The Morgan fingerprint density at radius 2 is 1.46 bits per heavy atom. The fourth-order valence-electron chi connectivity index (χ4n) is 1.45. The number of para-hydroxylation sites is 1. The molecule has 0 amide bonds. The van der Waals surface area contributed by atoms with Gasteiger partial charge in [-0.05, 0) is 24.3 Å². The molecule has 0 saturated carbocycles. The smallest absolute Gasteiger partial charge is 0.148 e. The molecule has 1 aliphatic rings. The van der Waals surface area contributed by atoms with Crippen LogP contribution < -0.4 is 4.90 Å². The van der Waals surface area contributed by atoms with E-state index in [4.69, 9.17) is 0 Å². The summed E-state index contributed by atoms with van der Waals surface area (Å²) in [6.07, 6.45) is 1.68. The SMILES string of the molecule is OC1C=CC(O)N1c1ccccc1. The van der Waals surface area contributed by atoms with Crippen molar-refractivity contribution in [2.45, 2.75) is 12.5 Å². The third kappa shape index (κ3) is 1.43. The molecular formula is C10H11NO2. The molecule has 0 radical (unpaired) electrons. The minimum atomic E-state index is -0.725. The Labute approximate surface area is 76.5 Å². The molecule has 3 nitrogen and oxygen atoms in total. The number of aliphatic hydroxyl groups excluding tert-OH is 2. The van der Waals surface area contributed by atoms with Crippen LogP contribution in [0.3, 0.4) is 0 Å². The quantitative estimate of drug-likeness (QED) is 0.620. The number of hydrogen-bond donors (Lipinski definition) is 2. The van der Waals surface area contributed by atoms with Crippen molar-refractivity contribution in [3.8, 4) is 0 Å². The predicted molar refractivity (Wildman–Crippen MR) is 50.1 cm³/mol. The first-order chi connectivity index (χ1) is 6.29. The maximum Gasteiger partial charge on any atom is 0.148 e. The van der Waals surface area contributed by atoms with Crippen LogP contribution in [0.15, 0.2) is 42.5 Å². The van der Waals surface area contributed by atoms with Crippen LogP contribution in [0.2, 0.25) is 0 Å². The van der Waals surface area contributed by atoms with Crippen molar-refractivity contribution < 1.29 is 10.2 Å². The van der Waals surface area contributed by atoms with E-state index < -0.39 is 12.5 Å². The fraction of sp³-hybridized carbons (Fsp3) is 0.200. The lowest BCUT2D eigenvalue weighted by molar-refractivity contribution is 0.154. The van der Waals surface area contributed by atoms with Gasteiger partial charge in [0.25, 0.3) is 0 Å². The lowest BCUT2D eigenvalue weighted by Gasteiger charge is -2.26. The van der Waals surface area contributed by atoms with Crippen molar-refractivity contribution in [3.05, 3.63) is 42.5 Å². The number of benzene rings is 1. The summed E-state index contributed by atoms with van der Waals surface area (Å²) in [5, 5.41) is 19.0. The third-order valence-electron chi connectivity index (χ3n) is 2.08. The van der Waals surface area contributed by atoms with E-state index in [1.807, 2.05) is 30.3 Å². The second-order valence-corrected chi connectivity index (χ2v) is 2.95. The van der Waals surface area contributed by atoms with Crippen LogP contribution in [-0.4, -0.2) is 22.7 Å². The van der Waals surface area contributed by atoms with Crippen LogP contribution in [0.1, 0.15) is 0 Å². The highest BCUT2D eigenvalue weighted by molar-refractivity contribution is 5.50. The summed E-state index contributed by atoms with van der Waals surface area (Å²) in [5.41, 5.74) is 0.813. The topological polar surface area (TPSA) is 43.7 Å². The number of hydrogen-bond acceptors (Lipinski definition) is 3. The molecule has 0 bridgehead atoms. The highest BCUT2D eigenvalue weighted by Crippen LogP contribution is 2.22. The molecule has 0 fully saturated rings. The largest absolute Gasteiger partial charge is 0.370 e. The fourth-order valence-corrected chi connectivity index (χ4v) is 1.45. The Kier molecular flexibility index (Phi) is 2.04. The third-order valence-corrected chi connectivity index (χ3v) is 2.08. The second kappa shape index (κ2) is 3.20. The van der Waals surface area contributed by atoms with Gasteiger partial charge in [0.1, 0.15) is 12.5 Å². The number of aliphatic hydroxyl groups is 2. The molecule has 68 valence electrons. The predicted octanol–water partition coefficient (Wildman–Crippen LogP) is 0.700. The maximum atomic E-state index is 9.49. The summed E-state index contributed by atoms with van der Waals surface area (Å²) in [6, 6.07) is 9.32. The van der Waals surface area contributed by atoms with Gasteiger partial charge in [-0.1, -0.05) is 18.2 Å². The van der Waals surface area contributed by atoms with Crippen LogP contribution >= 0.6 is 0 Å². The number of nitrogens with zero attached hydrogens (tertiary/aromatic N) is 1. The average Bonchev–Trinajstić information content (AvgIpc) is 2.48. The standard InChI is InChI=1S/C10H11NO2/c12-9-6-7-10(13)11(9)8-4-2-1-3-5-8/h1-7,9-10,12-13H. The Hall–Kier alpha value is -1.32. The van der Waals surface area contributed by atoms with Gasteiger partial charge in [-0.25, -0.2) is 0 Å². The van der Waals surface area contributed by atoms with Crippen LogP contribution in [0.4, 0.5) is 5.69 Å². The van der Waals surface area contributed by atoms with Gasteiger partial charge in [-0.3, -0.25) is 0 Å². The van der Waals surface area contributed by atoms with Crippen molar-refractivity contribution in [1.82, 2.24) is 0 Å². The zero-order valence-corrected chi connectivity index (χ0v) is 7.04. The minimum absolute atomic E-state index is 0.725. The molecule has 2 rings (SSSR count). The van der Waals surface area contributed by atoms with Gasteiger partial charge in [-0.2, -0.15) is 0 Å². The molecule has 13 heavy (non-hydrogen) atoms. The molecule has 2 N–H and O–H groups in total. The van der Waals surface area contributed by atoms with Gasteiger partial charge in [0.15, 0.2) is 0 Å². The molecule has 2 unspecified atom stereocenters. The van der Waals surface area contributed by atoms with Crippen molar-refractivity contribution in [2.75, 3.05) is 4.90 Å². The summed E-state index contributed by atoms with van der Waals surface area (Å²) in [7, 11) is 0. The van der Waals surface area contributed by atoms with Crippen LogP contribution in [0.25, 0.3) is 0 Å². The molecule has 1 aromatic carbocycles. The van der Waals surface area contributed by atoms with E-state index in [0.29, 0.717) is 0 Å². The summed E-state index contributed by atoms with van der Waals surface area (Å²) in [6.45, 7) is 0. The van der Waals surface area contributed by atoms with E-state index in [0.717, 1.165) is 5.69 Å². The van der Waals surface area contributed by atoms with E-state index in [1.54, 1.807) is 12.2 Å². The Morgan fingerprint density at radius 1 is 0.923 bits per heavy atom. The molecule has 1 heterocycles. The molecule has 1 aliphatic heterocycles. The number of anilines is 1. The lowest BCUT2D eigenvalue weighted by atomic mass is 10.3. The van der Waals surface area contributed by atoms with Crippen LogP contribution in [0, 0.1) is 0 Å². The Bertz CT molecular complexity index is 298. The number of rotatable bonds is 1. The first kappa shape index (κ1) is 8.29. The Balaban J connectivity index is 2.27. The first-order valence-corrected chi connectivity index (χ1v) is 4.17. The molecular weight excluding hydrogens is 166 g/mol. The highest BCUT2D eigenvalue weighted by atomic mass is 16.3. The van der Waals surface area contributed by atoms with E-state index in [9.17, 15) is 10.2 Å². The second-order valence-electron chi connectivity index (χ2n) is 2.95. The van der Waals surface area contributed by atoms with E-state index in [-0.39, 0.29) is 0 Å². The van der Waals surface area contributed by atoms with Gasteiger partial charge < -0.3 is 15.1 Å². The van der Waals surface area contributed by atoms with Crippen molar-refractivity contribution >= 4 is 5.69 Å². The Morgan fingerprint density at radius 3 is 2.00 bits per heavy atom. The molecule has 3 heteroatoms. The summed E-state index contributed by atoms with van der Waals surface area (Å²) < 4.78 is 0. The summed E-state index contributed by atoms with van der Waals surface area (Å²) >= 11 is 0. The van der Waals surface area contributed by atoms with E-state index in [2.05, 4.69) is 0 Å². The van der Waals surface area contributed by atoms with E-state index >= 15 is 0 Å². The van der Waals surface area contributed by atoms with Crippen LogP contribution in [-0.2, 0) is 0 Å². The van der Waals surface area contributed by atoms with Gasteiger partial charge in [-0.15, -0.1) is 0 Å². The monoisotopic (exact) mass is 177 g/mol. The van der Waals surface area contributed by atoms with Gasteiger partial charge in [0, 0.05) is 5.69 Å². The molecule has 0 spiro atoms. The first-order valence-electron chi connectivity index (χ1n) is 4.17. The zero-order chi connectivity index (χ0) is 9.26. The molecule has 0 saturated heterocycles. The maximum absolute atomic E-state index is 9.49. The summed E-state index contributed by atoms with van der Waals surface area (Å²) in [5.74, 6) is 0. The van der Waals surface area contributed by atoms with Crippen molar-refractivity contribution in [2.24, 2.45) is 0 Å². The average molecular weight is 177 g/mol. The van der Waals surface area contributed by atoms with Crippen molar-refractivity contribution in [3.63, 3.8) is 0 Å². The van der Waals surface area contributed by atoms with Gasteiger partial charge in [0.05, 0.1) is 0 Å². The van der Waals surface area contributed by atoms with E-state index in [1.165, 1.54) is 4.90 Å². The molecule has 0 aromatic heterocycles. The lowest BCUT2D eigenvalue weighted by Crippen LogP contribution is -2.36. The van der Waals surface area contributed by atoms with Gasteiger partial charge >= 0.3 is 0 Å². The van der Waals surface area contributed by atoms with Gasteiger partial charge in [0.2, 0.25) is 0 Å².